The predicted octanol–water partition coefficient (Wildman–Crippen LogP) is 4.09. The standard InChI is InChI=1S/C12H6Cl2N2/c13-8-5-7-1-2-9-10(14)3-4-15-12(9)11(7)16-6-8/h1-6H. The molecule has 3 aromatic rings. The van der Waals surface area contributed by atoms with Crippen molar-refractivity contribution in [3.63, 3.8) is 0 Å². The number of benzene rings is 1. The summed E-state index contributed by atoms with van der Waals surface area (Å²) in [6.45, 7) is 0. The van der Waals surface area contributed by atoms with Gasteiger partial charge in [0, 0.05) is 23.2 Å². The Balaban J connectivity index is 2.55. The molecule has 78 valence electrons. The molecule has 2 nitrogen and oxygen atoms in total. The summed E-state index contributed by atoms with van der Waals surface area (Å²) in [5, 5.41) is 3.18. The molecule has 0 amide bonds. The molecule has 0 aliphatic carbocycles. The van der Waals surface area contributed by atoms with Gasteiger partial charge in [0.1, 0.15) is 0 Å². The predicted molar refractivity (Wildman–Crippen MR) is 67.1 cm³/mol. The molecular formula is C12H6Cl2N2. The number of fused-ring (bicyclic) bond motifs is 3. The lowest BCUT2D eigenvalue weighted by atomic mass is 10.1. The van der Waals surface area contributed by atoms with Gasteiger partial charge in [-0.1, -0.05) is 35.3 Å². The molecule has 0 unspecified atom stereocenters. The Labute approximate surface area is 102 Å². The van der Waals surface area contributed by atoms with Crippen molar-refractivity contribution in [1.82, 2.24) is 9.97 Å². The highest BCUT2D eigenvalue weighted by molar-refractivity contribution is 6.36. The summed E-state index contributed by atoms with van der Waals surface area (Å²) in [5.74, 6) is 0. The smallest absolute Gasteiger partial charge is 0.0979 e. The van der Waals surface area contributed by atoms with Crippen LogP contribution in [0.2, 0.25) is 10.0 Å². The molecule has 0 spiro atoms. The van der Waals surface area contributed by atoms with Gasteiger partial charge in [-0.2, -0.15) is 0 Å². The van der Waals surface area contributed by atoms with Crippen LogP contribution >= 0.6 is 23.2 Å². The van der Waals surface area contributed by atoms with E-state index in [0.717, 1.165) is 21.8 Å². The fourth-order valence-electron chi connectivity index (χ4n) is 1.75. The van der Waals surface area contributed by atoms with E-state index in [1.807, 2.05) is 18.2 Å². The van der Waals surface area contributed by atoms with Crippen molar-refractivity contribution in [2.75, 3.05) is 0 Å². The lowest BCUT2D eigenvalue weighted by molar-refractivity contribution is 1.37. The maximum atomic E-state index is 6.09. The first kappa shape index (κ1) is 9.82. The molecule has 0 saturated heterocycles. The molecule has 2 aromatic heterocycles. The van der Waals surface area contributed by atoms with Crippen LogP contribution in [0.1, 0.15) is 0 Å². The third-order valence-corrected chi connectivity index (χ3v) is 3.01. The zero-order valence-electron chi connectivity index (χ0n) is 8.11. The van der Waals surface area contributed by atoms with E-state index < -0.39 is 0 Å². The Morgan fingerprint density at radius 2 is 1.81 bits per heavy atom. The first-order valence-electron chi connectivity index (χ1n) is 4.74. The van der Waals surface area contributed by atoms with E-state index in [9.17, 15) is 0 Å². The largest absolute Gasteiger partial charge is 0.254 e. The number of halogens is 2. The normalized spacial score (nSPS) is 11.1. The average Bonchev–Trinajstić information content (AvgIpc) is 2.28. The Morgan fingerprint density at radius 1 is 0.938 bits per heavy atom. The van der Waals surface area contributed by atoms with Crippen molar-refractivity contribution in [1.29, 1.82) is 0 Å². The van der Waals surface area contributed by atoms with E-state index in [-0.39, 0.29) is 0 Å². The fraction of sp³-hybridized carbons (Fsp3) is 0. The molecule has 0 saturated carbocycles. The second-order valence-electron chi connectivity index (χ2n) is 3.48. The molecule has 2 heterocycles. The summed E-state index contributed by atoms with van der Waals surface area (Å²) >= 11 is 12.0. The van der Waals surface area contributed by atoms with Gasteiger partial charge in [0.2, 0.25) is 0 Å². The highest BCUT2D eigenvalue weighted by Crippen LogP contribution is 2.28. The summed E-state index contributed by atoms with van der Waals surface area (Å²) in [4.78, 5) is 8.61. The Kier molecular flexibility index (Phi) is 2.20. The van der Waals surface area contributed by atoms with Gasteiger partial charge in [-0.15, -0.1) is 0 Å². The van der Waals surface area contributed by atoms with E-state index in [0.29, 0.717) is 10.0 Å². The van der Waals surface area contributed by atoms with E-state index in [1.165, 1.54) is 0 Å². The maximum absolute atomic E-state index is 6.09. The second-order valence-corrected chi connectivity index (χ2v) is 4.32. The zero-order chi connectivity index (χ0) is 11.1. The lowest BCUT2D eigenvalue weighted by Gasteiger charge is -2.03. The van der Waals surface area contributed by atoms with E-state index in [1.54, 1.807) is 18.5 Å². The molecule has 0 fully saturated rings. The van der Waals surface area contributed by atoms with Crippen LogP contribution in [0.25, 0.3) is 21.8 Å². The van der Waals surface area contributed by atoms with Crippen LogP contribution in [0.5, 0.6) is 0 Å². The van der Waals surface area contributed by atoms with Crippen molar-refractivity contribution in [2.24, 2.45) is 0 Å². The van der Waals surface area contributed by atoms with Crippen LogP contribution in [0.15, 0.2) is 36.7 Å². The highest BCUT2D eigenvalue weighted by Gasteiger charge is 2.05. The Morgan fingerprint density at radius 3 is 2.69 bits per heavy atom. The molecule has 0 radical (unpaired) electrons. The number of nitrogens with zero attached hydrogens (tertiary/aromatic N) is 2. The van der Waals surface area contributed by atoms with E-state index in [2.05, 4.69) is 9.97 Å². The molecule has 0 atom stereocenters. The van der Waals surface area contributed by atoms with E-state index in [4.69, 9.17) is 23.2 Å². The molecule has 0 aliphatic rings. The van der Waals surface area contributed by atoms with Gasteiger partial charge in [-0.25, -0.2) is 0 Å². The number of pyridine rings is 2. The number of rotatable bonds is 0. The fourth-order valence-corrected chi connectivity index (χ4v) is 2.13. The monoisotopic (exact) mass is 248 g/mol. The third-order valence-electron chi connectivity index (χ3n) is 2.47. The van der Waals surface area contributed by atoms with Crippen LogP contribution in [-0.4, -0.2) is 9.97 Å². The van der Waals surface area contributed by atoms with Crippen molar-refractivity contribution in [2.45, 2.75) is 0 Å². The van der Waals surface area contributed by atoms with Crippen molar-refractivity contribution in [3.05, 3.63) is 46.7 Å². The van der Waals surface area contributed by atoms with Crippen molar-refractivity contribution >= 4 is 45.0 Å². The minimum Gasteiger partial charge on any atom is -0.254 e. The highest BCUT2D eigenvalue weighted by atomic mass is 35.5. The average molecular weight is 249 g/mol. The quantitative estimate of drug-likeness (QED) is 0.561. The number of hydrogen-bond acceptors (Lipinski definition) is 2. The Bertz CT molecular complexity index is 695. The van der Waals surface area contributed by atoms with Gasteiger partial charge in [-0.3, -0.25) is 9.97 Å². The van der Waals surface area contributed by atoms with Crippen LogP contribution in [0, 0.1) is 0 Å². The van der Waals surface area contributed by atoms with Gasteiger partial charge >= 0.3 is 0 Å². The molecule has 3 rings (SSSR count). The van der Waals surface area contributed by atoms with Crippen LogP contribution in [0.3, 0.4) is 0 Å². The van der Waals surface area contributed by atoms with E-state index >= 15 is 0 Å². The zero-order valence-corrected chi connectivity index (χ0v) is 9.63. The minimum absolute atomic E-state index is 0.619. The topological polar surface area (TPSA) is 25.8 Å². The SMILES string of the molecule is Clc1cnc2c(ccc3c(Cl)ccnc32)c1. The molecule has 1 aromatic carbocycles. The van der Waals surface area contributed by atoms with Gasteiger partial charge in [0.25, 0.3) is 0 Å². The number of aromatic nitrogens is 2. The van der Waals surface area contributed by atoms with Crippen molar-refractivity contribution in [3.8, 4) is 0 Å². The molecule has 0 bridgehead atoms. The van der Waals surface area contributed by atoms with Crippen LogP contribution in [0.4, 0.5) is 0 Å². The lowest BCUT2D eigenvalue weighted by Crippen LogP contribution is -1.85. The summed E-state index contributed by atoms with van der Waals surface area (Å²) in [7, 11) is 0. The molecule has 0 N–H and O–H groups in total. The maximum Gasteiger partial charge on any atom is 0.0979 e. The third kappa shape index (κ3) is 1.42. The van der Waals surface area contributed by atoms with Gasteiger partial charge < -0.3 is 0 Å². The van der Waals surface area contributed by atoms with Crippen LogP contribution in [-0.2, 0) is 0 Å². The van der Waals surface area contributed by atoms with Gasteiger partial charge in [0.05, 0.1) is 21.1 Å². The van der Waals surface area contributed by atoms with Gasteiger partial charge in [-0.05, 0) is 12.1 Å². The second kappa shape index (κ2) is 3.58. The molecule has 4 heteroatoms. The molecule has 16 heavy (non-hydrogen) atoms. The summed E-state index contributed by atoms with van der Waals surface area (Å²) < 4.78 is 0. The summed E-state index contributed by atoms with van der Waals surface area (Å²) in [5.41, 5.74) is 1.63. The molecule has 0 aliphatic heterocycles. The first-order chi connectivity index (χ1) is 7.75. The Hall–Kier alpha value is -1.38. The summed E-state index contributed by atoms with van der Waals surface area (Å²) in [6, 6.07) is 7.52. The van der Waals surface area contributed by atoms with Gasteiger partial charge in [0.15, 0.2) is 0 Å². The minimum atomic E-state index is 0.619. The molecular weight excluding hydrogens is 243 g/mol. The van der Waals surface area contributed by atoms with Crippen molar-refractivity contribution < 1.29 is 0 Å². The summed E-state index contributed by atoms with van der Waals surface area (Å²) in [6.07, 6.45) is 3.30. The number of hydrogen-bond donors (Lipinski definition) is 0. The van der Waals surface area contributed by atoms with Crippen LogP contribution < -0.4 is 0 Å². The first-order valence-corrected chi connectivity index (χ1v) is 5.50.